The Hall–Kier alpha value is -11.2. The number of pyridine rings is 1. The summed E-state index contributed by atoms with van der Waals surface area (Å²) in [5.74, 6) is 0.118. The van der Waals surface area contributed by atoms with E-state index in [0.29, 0.717) is 63.1 Å². The maximum absolute atomic E-state index is 13.8. The van der Waals surface area contributed by atoms with Crippen molar-refractivity contribution >= 4 is 5.57 Å². The zero-order valence-corrected chi connectivity index (χ0v) is 72.9. The molecule has 8 nitrogen and oxygen atoms in total. The average molecular weight is 1690 g/mol. The normalized spacial score (nSPS) is 12.5. The van der Waals surface area contributed by atoms with Crippen molar-refractivity contribution < 1.29 is 30.7 Å². The first kappa shape index (κ1) is 99.2. The van der Waals surface area contributed by atoms with Crippen molar-refractivity contribution in [2.75, 3.05) is 45.8 Å². The fourth-order valence-corrected chi connectivity index (χ4v) is 16.9. The smallest absolute Gasteiger partial charge is 0.127 e. The van der Waals surface area contributed by atoms with Gasteiger partial charge in [-0.2, -0.15) is 0 Å². The lowest BCUT2D eigenvalue weighted by molar-refractivity contribution is 0.235. The Bertz CT molecular complexity index is 4980. The number of aryl methyl sites for hydroxylation is 2. The summed E-state index contributed by atoms with van der Waals surface area (Å²) in [7, 11) is 0. The van der Waals surface area contributed by atoms with Crippen LogP contribution in [0.5, 0.6) is 0 Å². The van der Waals surface area contributed by atoms with Gasteiger partial charge in [0.05, 0.1) is 0 Å². The first-order valence-electron chi connectivity index (χ1n) is 43.9. The second kappa shape index (κ2) is 54.5. The van der Waals surface area contributed by atoms with Gasteiger partial charge in [0, 0.05) is 48.5 Å². The molecule has 14 N–H and O–H groups in total. The summed E-state index contributed by atoms with van der Waals surface area (Å²) in [5.41, 5.74) is 57.6. The molecule has 14 rings (SSSR count). The molecule has 1 heterocycles. The number of hydrogen-bond acceptors (Lipinski definition) is 8. The summed E-state index contributed by atoms with van der Waals surface area (Å²) in [4.78, 5) is 3.99. The van der Waals surface area contributed by atoms with Crippen molar-refractivity contribution in [3.05, 3.63) is 464 Å². The molecule has 0 bridgehead atoms. The molecule has 13 aromatic rings. The molecule has 656 valence electrons. The lowest BCUT2D eigenvalue weighted by Gasteiger charge is -2.39. The summed E-state index contributed by atoms with van der Waals surface area (Å²) in [5, 5.41) is 0. The molecule has 15 heteroatoms. The second-order valence-corrected chi connectivity index (χ2v) is 31.8. The SMILES string of the molecule is CCC(CC)(CN)C(c1cccc(F)c1)c1cccc(F)c1.Cc1cccc(C(CCN)c2cccc(C)c2)c1.NCC=C(c1ccccc1)c1ccccc1.NCCC(c1ccc(F)cc1)c1ccc(F)cc1.NCCC(c1ccc(F)cc1)c1ccccc1F.NCCC(c1ccccc1)C1CCCCC1.NCCC(c1ccncc1)c1cccc(F)c1. The van der Waals surface area contributed by atoms with Crippen molar-refractivity contribution in [2.45, 2.75) is 140 Å². The summed E-state index contributed by atoms with van der Waals surface area (Å²) in [6, 6.07) is 98.3. The molecule has 12 aromatic carbocycles. The summed E-state index contributed by atoms with van der Waals surface area (Å²) >= 11 is 0. The van der Waals surface area contributed by atoms with Crippen LogP contribution in [0.25, 0.3) is 5.57 Å². The van der Waals surface area contributed by atoms with Crippen LogP contribution < -0.4 is 40.1 Å². The molecule has 1 fully saturated rings. The van der Waals surface area contributed by atoms with E-state index in [1.807, 2.05) is 66.7 Å². The third-order valence-corrected chi connectivity index (χ3v) is 23.4. The average Bonchev–Trinajstić information content (AvgIpc) is 0.777. The lowest BCUT2D eigenvalue weighted by Crippen LogP contribution is -2.36. The zero-order chi connectivity index (χ0) is 89.6. The van der Waals surface area contributed by atoms with E-state index in [1.165, 1.54) is 149 Å². The highest BCUT2D eigenvalue weighted by Gasteiger charge is 2.37. The third kappa shape index (κ3) is 31.7. The Morgan fingerprint density at radius 2 is 0.680 bits per heavy atom. The van der Waals surface area contributed by atoms with E-state index in [0.717, 1.165) is 89.9 Å². The number of aromatic nitrogens is 1. The van der Waals surface area contributed by atoms with Gasteiger partial charge in [0.1, 0.15) is 40.7 Å². The Morgan fingerprint density at radius 3 is 1.07 bits per heavy atom. The molecule has 0 radical (unpaired) electrons. The Balaban J connectivity index is 0.000000181. The molecule has 1 saturated carbocycles. The van der Waals surface area contributed by atoms with Gasteiger partial charge in [-0.05, 0) is 297 Å². The van der Waals surface area contributed by atoms with E-state index in [-0.39, 0.29) is 69.8 Å². The zero-order valence-electron chi connectivity index (χ0n) is 72.9. The monoisotopic (exact) mass is 1690 g/mol. The predicted octanol–water partition coefficient (Wildman–Crippen LogP) is 25.0. The standard InChI is InChI=1S/C19H23F2N.C17H21N.2C15H15F2N.C15H23N.C15H15N.C14H15FN2/c1-3-19(4-2,13-22)18(14-7-5-9-16(20)11-14)15-8-6-10-17(21)12-15;1-13-5-3-7-15(11-13)17(9-10-18)16-8-4-6-14(2)12-16;16-13-5-1-11(2-6-13)15(9-10-18)12-3-7-14(17)8-4-12;16-12-7-5-11(6-8-12)13(9-10-18)14-3-1-2-4-15(14)17;2*16-12-11-15(13-7-3-1-4-8-13)14-9-5-2-6-10-14;15-13-3-1-2-12(10-13)14(4-7-16)11-5-8-17-9-6-11/h5-12,18H,3-4,13,22H2,1-2H3;3-8,11-12,17H,9-10,18H2,1-2H3;1-8,15H,9-10,18H2;1-8,13H,9-10,18H2;1,3-4,7-8,14-15H,2,5-6,9-12,16H2;1-11H,12,16H2;1-3,5-6,8-10,14H,4,7,16H2. The van der Waals surface area contributed by atoms with Crippen LogP contribution in [0, 0.1) is 65.9 Å². The van der Waals surface area contributed by atoms with Gasteiger partial charge in [-0.15, -0.1) is 0 Å². The van der Waals surface area contributed by atoms with Crippen LogP contribution in [0.4, 0.5) is 30.7 Å². The number of nitrogens with zero attached hydrogens (tertiary/aromatic N) is 1. The molecule has 0 aliphatic heterocycles. The molecular formula is C110H127F7N8. The molecule has 1 aliphatic rings. The van der Waals surface area contributed by atoms with E-state index in [9.17, 15) is 30.7 Å². The van der Waals surface area contributed by atoms with Gasteiger partial charge in [-0.3, -0.25) is 4.98 Å². The van der Waals surface area contributed by atoms with Gasteiger partial charge >= 0.3 is 0 Å². The lowest BCUT2D eigenvalue weighted by atomic mass is 9.65. The van der Waals surface area contributed by atoms with Gasteiger partial charge in [0.2, 0.25) is 0 Å². The van der Waals surface area contributed by atoms with Crippen molar-refractivity contribution in [1.29, 1.82) is 0 Å². The van der Waals surface area contributed by atoms with Gasteiger partial charge in [0.15, 0.2) is 0 Å². The van der Waals surface area contributed by atoms with Crippen LogP contribution in [0.15, 0.2) is 340 Å². The predicted molar refractivity (Wildman–Crippen MR) is 506 cm³/mol. The molecule has 0 saturated heterocycles. The summed E-state index contributed by atoms with van der Waals surface area (Å²) in [6.45, 7) is 12.6. The second-order valence-electron chi connectivity index (χ2n) is 31.8. The number of nitrogens with two attached hydrogens (primary N) is 7. The van der Waals surface area contributed by atoms with E-state index >= 15 is 0 Å². The number of halogens is 7. The fraction of sp³-hybridized carbons (Fsp3) is 0.282. The largest absolute Gasteiger partial charge is 0.330 e. The van der Waals surface area contributed by atoms with E-state index < -0.39 is 0 Å². The Labute approximate surface area is 738 Å². The fourth-order valence-electron chi connectivity index (χ4n) is 16.9. The Morgan fingerprint density at radius 1 is 0.336 bits per heavy atom. The Kier molecular flexibility index (Phi) is 43.2. The molecule has 3 atom stereocenters. The molecule has 0 spiro atoms. The van der Waals surface area contributed by atoms with Crippen LogP contribution >= 0.6 is 0 Å². The van der Waals surface area contributed by atoms with Crippen molar-refractivity contribution in [2.24, 2.45) is 51.5 Å². The van der Waals surface area contributed by atoms with Crippen LogP contribution in [0.2, 0.25) is 0 Å². The quantitative estimate of drug-likeness (QED) is 0.0225. The van der Waals surface area contributed by atoms with Gasteiger partial charge in [-0.1, -0.05) is 281 Å². The van der Waals surface area contributed by atoms with Gasteiger partial charge < -0.3 is 40.1 Å². The van der Waals surface area contributed by atoms with E-state index in [2.05, 4.69) is 142 Å². The van der Waals surface area contributed by atoms with Gasteiger partial charge in [0.25, 0.3) is 0 Å². The maximum atomic E-state index is 13.8. The van der Waals surface area contributed by atoms with Crippen molar-refractivity contribution in [1.82, 2.24) is 4.98 Å². The topological polar surface area (TPSA) is 195 Å². The minimum atomic E-state index is -0.293. The highest BCUT2D eigenvalue weighted by atomic mass is 19.2. The number of hydrogen-bond donors (Lipinski definition) is 7. The first-order chi connectivity index (χ1) is 60.8. The highest BCUT2D eigenvalue weighted by molar-refractivity contribution is 5.79. The highest BCUT2D eigenvalue weighted by Crippen LogP contribution is 2.46. The van der Waals surface area contributed by atoms with Crippen LogP contribution in [0.3, 0.4) is 0 Å². The molecule has 1 aromatic heterocycles. The number of benzene rings is 12. The van der Waals surface area contributed by atoms with Gasteiger partial charge in [-0.25, -0.2) is 30.7 Å². The summed E-state index contributed by atoms with van der Waals surface area (Å²) < 4.78 is 93.2. The maximum Gasteiger partial charge on any atom is 0.127 e. The molecular weight excluding hydrogens is 1570 g/mol. The molecule has 125 heavy (non-hydrogen) atoms. The van der Waals surface area contributed by atoms with E-state index in [4.69, 9.17) is 40.1 Å². The minimum Gasteiger partial charge on any atom is -0.330 e. The van der Waals surface area contributed by atoms with Crippen LogP contribution in [-0.4, -0.2) is 50.8 Å². The summed E-state index contributed by atoms with van der Waals surface area (Å²) in [6.07, 6.45) is 18.6. The number of rotatable bonds is 29. The molecule has 1 aliphatic carbocycles. The molecule has 0 amide bonds. The van der Waals surface area contributed by atoms with E-state index in [1.54, 1.807) is 91.3 Å². The van der Waals surface area contributed by atoms with Crippen molar-refractivity contribution in [3.8, 4) is 0 Å². The minimum absolute atomic E-state index is 0.0798. The third-order valence-electron chi connectivity index (χ3n) is 23.4. The molecule has 3 unspecified atom stereocenters. The van der Waals surface area contributed by atoms with Crippen molar-refractivity contribution in [3.63, 3.8) is 0 Å². The van der Waals surface area contributed by atoms with Crippen LogP contribution in [-0.2, 0) is 0 Å². The van der Waals surface area contributed by atoms with Crippen LogP contribution in [0.1, 0.15) is 210 Å². The first-order valence-corrected chi connectivity index (χ1v) is 43.9.